The van der Waals surface area contributed by atoms with Crippen molar-refractivity contribution in [2.75, 3.05) is 6.61 Å². The fourth-order valence-electron chi connectivity index (χ4n) is 1.95. The molecule has 2 rings (SSSR count). The lowest BCUT2D eigenvalue weighted by molar-refractivity contribution is -0.201. The fourth-order valence-corrected chi connectivity index (χ4v) is 1.95. The van der Waals surface area contributed by atoms with Crippen LogP contribution in [0.15, 0.2) is 22.8 Å². The number of carbonyl (C=O) groups is 3. The number of nitrogens with zero attached hydrogens (tertiary/aromatic N) is 1. The average molecular weight is 335 g/mol. The number of hydrogen-bond donors (Lipinski definition) is 2. The van der Waals surface area contributed by atoms with Crippen LogP contribution >= 0.6 is 0 Å². The standard InChI is InChI=1S/C12H12F3N3O5/c1-2-22-10(21)17-11(12(13,14)15)8(19)18(9(20)16-11)6-7-4-3-5-23-7/h3-5H,2,6H2,1H3,(H,16,20)(H,17,21). The summed E-state index contributed by atoms with van der Waals surface area (Å²) in [7, 11) is 0. The zero-order valence-corrected chi connectivity index (χ0v) is 11.8. The first-order valence-electron chi connectivity index (χ1n) is 6.39. The summed E-state index contributed by atoms with van der Waals surface area (Å²) in [5.41, 5.74) is -3.58. The Kier molecular flexibility index (Phi) is 4.21. The highest BCUT2D eigenvalue weighted by atomic mass is 19.4. The molecule has 0 radical (unpaired) electrons. The van der Waals surface area contributed by atoms with E-state index in [0.717, 1.165) is 0 Å². The predicted molar refractivity (Wildman–Crippen MR) is 66.7 cm³/mol. The van der Waals surface area contributed by atoms with Gasteiger partial charge in [-0.05, 0) is 19.1 Å². The van der Waals surface area contributed by atoms with Crippen molar-refractivity contribution in [2.45, 2.75) is 25.3 Å². The minimum Gasteiger partial charge on any atom is -0.467 e. The third-order valence-electron chi connectivity index (χ3n) is 2.99. The summed E-state index contributed by atoms with van der Waals surface area (Å²) in [6, 6.07) is 1.51. The lowest BCUT2D eigenvalue weighted by Crippen LogP contribution is -2.69. The van der Waals surface area contributed by atoms with Crippen molar-refractivity contribution in [1.82, 2.24) is 15.5 Å². The van der Waals surface area contributed by atoms with Gasteiger partial charge >= 0.3 is 18.3 Å². The molecule has 1 aromatic rings. The van der Waals surface area contributed by atoms with Gasteiger partial charge in [0.05, 0.1) is 19.4 Å². The van der Waals surface area contributed by atoms with E-state index in [2.05, 4.69) is 4.74 Å². The van der Waals surface area contributed by atoms with Gasteiger partial charge in [0.25, 0.3) is 11.6 Å². The zero-order chi connectivity index (χ0) is 17.3. The van der Waals surface area contributed by atoms with Gasteiger partial charge < -0.3 is 9.15 Å². The van der Waals surface area contributed by atoms with Crippen molar-refractivity contribution < 1.29 is 36.7 Å². The first-order valence-corrected chi connectivity index (χ1v) is 6.39. The van der Waals surface area contributed by atoms with Crippen molar-refractivity contribution in [1.29, 1.82) is 0 Å². The zero-order valence-electron chi connectivity index (χ0n) is 11.8. The summed E-state index contributed by atoms with van der Waals surface area (Å²) in [6.45, 7) is 0.649. The van der Waals surface area contributed by atoms with Gasteiger partial charge in [0.15, 0.2) is 0 Å². The Morgan fingerprint density at radius 3 is 2.70 bits per heavy atom. The second-order valence-electron chi connectivity index (χ2n) is 4.49. The van der Waals surface area contributed by atoms with Gasteiger partial charge in [0.2, 0.25) is 0 Å². The molecule has 23 heavy (non-hydrogen) atoms. The number of urea groups is 1. The average Bonchev–Trinajstić information content (AvgIpc) is 3.02. The highest BCUT2D eigenvalue weighted by Crippen LogP contribution is 2.34. The minimum absolute atomic E-state index is 0.0996. The molecule has 0 aromatic carbocycles. The second kappa shape index (κ2) is 5.82. The maximum Gasteiger partial charge on any atom is 0.440 e. The largest absolute Gasteiger partial charge is 0.467 e. The fraction of sp³-hybridized carbons (Fsp3) is 0.417. The molecule has 1 unspecified atom stereocenters. The minimum atomic E-state index is -5.27. The molecule has 1 fully saturated rings. The third kappa shape index (κ3) is 2.94. The SMILES string of the molecule is CCOC(=O)NC1(C(F)(F)F)NC(=O)N(Cc2ccco2)C1=O. The van der Waals surface area contributed by atoms with Gasteiger partial charge in [0.1, 0.15) is 5.76 Å². The van der Waals surface area contributed by atoms with E-state index in [1.165, 1.54) is 36.0 Å². The van der Waals surface area contributed by atoms with Crippen LogP contribution in [-0.2, 0) is 16.1 Å². The number of hydrogen-bond acceptors (Lipinski definition) is 5. The summed E-state index contributed by atoms with van der Waals surface area (Å²) in [5, 5.41) is 2.85. The number of nitrogens with one attached hydrogen (secondary N) is 2. The smallest absolute Gasteiger partial charge is 0.440 e. The number of imide groups is 1. The van der Waals surface area contributed by atoms with Crippen molar-refractivity contribution >= 4 is 18.0 Å². The van der Waals surface area contributed by atoms with Crippen LogP contribution in [0.2, 0.25) is 0 Å². The molecule has 126 valence electrons. The summed E-state index contributed by atoms with van der Waals surface area (Å²) in [6.07, 6.45) is -5.52. The van der Waals surface area contributed by atoms with E-state index in [9.17, 15) is 27.6 Å². The number of ether oxygens (including phenoxy) is 1. The lowest BCUT2D eigenvalue weighted by atomic mass is 10.1. The van der Waals surface area contributed by atoms with Crippen LogP contribution in [0.3, 0.4) is 0 Å². The number of amides is 4. The van der Waals surface area contributed by atoms with Crippen LogP contribution in [0.4, 0.5) is 22.8 Å². The summed E-state index contributed by atoms with van der Waals surface area (Å²) in [4.78, 5) is 35.6. The number of rotatable bonds is 4. The number of alkyl carbamates (subject to hydrolysis) is 1. The van der Waals surface area contributed by atoms with Gasteiger partial charge in [-0.2, -0.15) is 13.2 Å². The molecule has 1 atom stereocenters. The van der Waals surface area contributed by atoms with Crippen molar-refractivity contribution in [3.05, 3.63) is 24.2 Å². The molecule has 2 N–H and O–H groups in total. The van der Waals surface area contributed by atoms with E-state index in [1.807, 2.05) is 0 Å². The van der Waals surface area contributed by atoms with E-state index in [-0.39, 0.29) is 12.4 Å². The van der Waals surface area contributed by atoms with Crippen LogP contribution in [-0.4, -0.2) is 41.4 Å². The van der Waals surface area contributed by atoms with Crippen LogP contribution in [0.5, 0.6) is 0 Å². The summed E-state index contributed by atoms with van der Waals surface area (Å²) >= 11 is 0. The molecular formula is C12H12F3N3O5. The molecule has 8 nitrogen and oxygen atoms in total. The predicted octanol–water partition coefficient (Wildman–Crippen LogP) is 1.34. The van der Waals surface area contributed by atoms with Gasteiger partial charge in [0, 0.05) is 0 Å². The number of halogens is 3. The topological polar surface area (TPSA) is 101 Å². The Morgan fingerprint density at radius 1 is 1.48 bits per heavy atom. The molecule has 0 saturated carbocycles. The van der Waals surface area contributed by atoms with Crippen LogP contribution in [0, 0.1) is 0 Å². The molecule has 1 aromatic heterocycles. The Labute approximate surface area is 127 Å². The summed E-state index contributed by atoms with van der Waals surface area (Å²) in [5.74, 6) is -1.58. The molecule has 0 bridgehead atoms. The Morgan fingerprint density at radius 2 is 2.17 bits per heavy atom. The Hall–Kier alpha value is -2.72. The van der Waals surface area contributed by atoms with Crippen LogP contribution < -0.4 is 10.6 Å². The number of furan rings is 1. The molecule has 11 heteroatoms. The van der Waals surface area contributed by atoms with E-state index in [0.29, 0.717) is 4.90 Å². The van der Waals surface area contributed by atoms with E-state index in [4.69, 9.17) is 4.42 Å². The maximum atomic E-state index is 13.3. The molecule has 1 saturated heterocycles. The monoisotopic (exact) mass is 335 g/mol. The van der Waals surface area contributed by atoms with Crippen molar-refractivity contribution in [3.63, 3.8) is 0 Å². The van der Waals surface area contributed by atoms with Crippen LogP contribution in [0.1, 0.15) is 12.7 Å². The highest BCUT2D eigenvalue weighted by molar-refractivity contribution is 6.08. The first kappa shape index (κ1) is 16.6. The number of alkyl halides is 3. The number of carbonyl (C=O) groups excluding carboxylic acids is 3. The lowest BCUT2D eigenvalue weighted by Gasteiger charge is -2.29. The molecule has 1 aliphatic heterocycles. The Bertz CT molecular complexity index is 616. The molecule has 1 aliphatic rings. The molecule has 4 amide bonds. The van der Waals surface area contributed by atoms with Gasteiger partial charge in [-0.25, -0.2) is 9.59 Å². The van der Waals surface area contributed by atoms with Crippen LogP contribution in [0.25, 0.3) is 0 Å². The second-order valence-corrected chi connectivity index (χ2v) is 4.49. The van der Waals surface area contributed by atoms with Gasteiger partial charge in [-0.15, -0.1) is 0 Å². The molecular weight excluding hydrogens is 323 g/mol. The quantitative estimate of drug-likeness (QED) is 0.809. The van der Waals surface area contributed by atoms with Crippen molar-refractivity contribution in [2.24, 2.45) is 0 Å². The van der Waals surface area contributed by atoms with E-state index >= 15 is 0 Å². The normalized spacial score (nSPS) is 21.3. The summed E-state index contributed by atoms with van der Waals surface area (Å²) < 4.78 is 49.3. The van der Waals surface area contributed by atoms with E-state index < -0.39 is 36.4 Å². The Balaban J connectivity index is 2.31. The molecule has 0 spiro atoms. The van der Waals surface area contributed by atoms with E-state index in [1.54, 1.807) is 0 Å². The van der Waals surface area contributed by atoms with Gasteiger partial charge in [-0.1, -0.05) is 0 Å². The first-order chi connectivity index (χ1) is 10.7. The molecule has 0 aliphatic carbocycles. The highest BCUT2D eigenvalue weighted by Gasteiger charge is 2.69. The maximum absolute atomic E-state index is 13.3. The van der Waals surface area contributed by atoms with Gasteiger partial charge in [-0.3, -0.25) is 20.3 Å². The third-order valence-corrected chi connectivity index (χ3v) is 2.99. The van der Waals surface area contributed by atoms with Crippen molar-refractivity contribution in [3.8, 4) is 0 Å². The molecule has 2 heterocycles.